The first-order chi connectivity index (χ1) is 23.7. The van der Waals surface area contributed by atoms with Gasteiger partial charge in [0.25, 0.3) is 5.91 Å². The summed E-state index contributed by atoms with van der Waals surface area (Å²) in [6.07, 6.45) is 0.423. The number of halogens is 4. The highest BCUT2D eigenvalue weighted by atomic mass is 19.4. The molecule has 3 aromatic carbocycles. The fraction of sp³-hybridized carbons (Fsp3) is 0.447. The predicted molar refractivity (Wildman–Crippen MR) is 183 cm³/mol. The van der Waals surface area contributed by atoms with Crippen molar-refractivity contribution in [2.24, 2.45) is 17.6 Å². The molecule has 0 bridgehead atoms. The van der Waals surface area contributed by atoms with Gasteiger partial charge in [0.2, 0.25) is 5.91 Å². The van der Waals surface area contributed by atoms with E-state index in [0.717, 1.165) is 43.5 Å². The van der Waals surface area contributed by atoms with Gasteiger partial charge in [-0.3, -0.25) is 14.4 Å². The van der Waals surface area contributed by atoms with Crippen molar-refractivity contribution in [3.63, 3.8) is 0 Å². The minimum atomic E-state index is -4.81. The van der Waals surface area contributed by atoms with E-state index >= 15 is 4.39 Å². The molecule has 0 radical (unpaired) electrons. The molecule has 268 valence electrons. The summed E-state index contributed by atoms with van der Waals surface area (Å²) in [6.45, 7) is 4.65. The Kier molecular flexibility index (Phi) is 11.5. The number of hydrogen-bond donors (Lipinski definition) is 3. The predicted octanol–water partition coefficient (Wildman–Crippen LogP) is 7.77. The molecule has 1 unspecified atom stereocenters. The van der Waals surface area contributed by atoms with Crippen LogP contribution in [0, 0.1) is 24.6 Å². The van der Waals surface area contributed by atoms with Crippen molar-refractivity contribution in [1.29, 1.82) is 0 Å². The molecule has 1 saturated carbocycles. The lowest BCUT2D eigenvalue weighted by atomic mass is 9.83. The number of esters is 1. The monoisotopic (exact) mass is 696 g/mol. The van der Waals surface area contributed by atoms with Crippen LogP contribution in [0.1, 0.15) is 91.0 Å². The number of nitrogens with two attached hydrogens (primary N) is 1. The maximum atomic E-state index is 15.1. The van der Waals surface area contributed by atoms with Gasteiger partial charge in [0.1, 0.15) is 18.5 Å². The van der Waals surface area contributed by atoms with E-state index in [9.17, 15) is 27.6 Å². The summed E-state index contributed by atoms with van der Waals surface area (Å²) in [7, 11) is 0. The van der Waals surface area contributed by atoms with Gasteiger partial charge >= 0.3 is 12.1 Å². The number of ether oxygens (including phenoxy) is 1. The molecular formula is C38H44F4N4O4. The van der Waals surface area contributed by atoms with E-state index in [1.807, 2.05) is 24.3 Å². The third-order valence-electron chi connectivity index (χ3n) is 9.69. The Morgan fingerprint density at radius 3 is 2.28 bits per heavy atom. The number of amides is 2. The van der Waals surface area contributed by atoms with Crippen LogP contribution in [0.2, 0.25) is 0 Å². The van der Waals surface area contributed by atoms with E-state index in [1.54, 1.807) is 26.8 Å². The first kappa shape index (κ1) is 36.8. The number of rotatable bonds is 10. The highest BCUT2D eigenvalue weighted by molar-refractivity contribution is 5.98. The Morgan fingerprint density at radius 1 is 0.960 bits per heavy atom. The fourth-order valence-corrected chi connectivity index (χ4v) is 6.84. The molecule has 1 aliphatic carbocycles. The third kappa shape index (κ3) is 8.46. The topological polar surface area (TPSA) is 114 Å². The molecule has 2 fully saturated rings. The number of alkyl halides is 3. The second-order valence-electron chi connectivity index (χ2n) is 13.6. The van der Waals surface area contributed by atoms with Crippen molar-refractivity contribution in [3.8, 4) is 0 Å². The average molecular weight is 697 g/mol. The van der Waals surface area contributed by atoms with E-state index in [1.165, 1.54) is 23.1 Å². The second-order valence-corrected chi connectivity index (χ2v) is 13.6. The Labute approximate surface area is 289 Å². The van der Waals surface area contributed by atoms with Gasteiger partial charge in [0, 0.05) is 29.5 Å². The van der Waals surface area contributed by atoms with Gasteiger partial charge in [-0.05, 0) is 80.0 Å². The largest absolute Gasteiger partial charge is 0.460 e. The number of nitrogens with one attached hydrogen (secondary N) is 2. The van der Waals surface area contributed by atoms with Gasteiger partial charge in [-0.2, -0.15) is 13.2 Å². The van der Waals surface area contributed by atoms with Gasteiger partial charge in [-0.1, -0.05) is 57.0 Å². The van der Waals surface area contributed by atoms with E-state index < -0.39 is 59.9 Å². The summed E-state index contributed by atoms with van der Waals surface area (Å²) in [5, 5.41) is 6.16. The van der Waals surface area contributed by atoms with E-state index in [4.69, 9.17) is 10.5 Å². The Morgan fingerprint density at radius 2 is 1.64 bits per heavy atom. The van der Waals surface area contributed by atoms with Crippen LogP contribution in [0.25, 0.3) is 0 Å². The van der Waals surface area contributed by atoms with Gasteiger partial charge in [-0.15, -0.1) is 0 Å². The second kappa shape index (κ2) is 15.6. The van der Waals surface area contributed by atoms with Crippen LogP contribution in [-0.4, -0.2) is 41.3 Å². The highest BCUT2D eigenvalue weighted by Gasteiger charge is 2.41. The first-order valence-electron chi connectivity index (χ1n) is 17.1. The number of anilines is 2. The lowest BCUT2D eigenvalue weighted by Gasteiger charge is -2.41. The van der Waals surface area contributed by atoms with E-state index in [2.05, 4.69) is 10.6 Å². The maximum Gasteiger partial charge on any atom is 0.416 e. The van der Waals surface area contributed by atoms with Crippen molar-refractivity contribution in [2.45, 2.75) is 90.2 Å². The zero-order valence-electron chi connectivity index (χ0n) is 28.5. The molecule has 1 saturated heterocycles. The van der Waals surface area contributed by atoms with Crippen LogP contribution in [0.3, 0.4) is 0 Å². The van der Waals surface area contributed by atoms with Crippen molar-refractivity contribution in [3.05, 3.63) is 94.3 Å². The third-order valence-corrected chi connectivity index (χ3v) is 9.69. The summed E-state index contributed by atoms with van der Waals surface area (Å²) in [4.78, 5) is 41.7. The lowest BCUT2D eigenvalue weighted by molar-refractivity contribution is -0.149. The number of likely N-dealkylation sites (tertiary alicyclic amines) is 1. The molecule has 1 heterocycles. The standard InChI is InChI=1S/C38H44F4N4O4/c1-22(2)33(43)37(49)50-21-25-15-18-28(20-30(25)38(40,41)42)45-35(47)29-11-7-19-46(36(48)32-23(3)8-6-12-31(32)39)34(29)24-13-16-27(17-14-24)44-26-9-4-5-10-26/h6,8,12-18,20,22,26,29,33-34,44H,4-5,7,9-11,19,21,43H2,1-3H3,(H,45,47)/t29-,33?,34-/m0/s1. The van der Waals surface area contributed by atoms with Crippen LogP contribution >= 0.6 is 0 Å². The molecule has 2 amide bonds. The quantitative estimate of drug-likeness (QED) is 0.148. The van der Waals surface area contributed by atoms with Crippen LogP contribution in [0.5, 0.6) is 0 Å². The summed E-state index contributed by atoms with van der Waals surface area (Å²) in [6, 6.07) is 13.7. The SMILES string of the molecule is Cc1cccc(F)c1C(=O)N1CCC[C@H](C(=O)Nc2ccc(COC(=O)C(N)C(C)C)c(C(F)(F)F)c2)[C@@H]1c1ccc(NC2CCCC2)cc1. The molecule has 1 aliphatic heterocycles. The van der Waals surface area contributed by atoms with Crippen molar-refractivity contribution >= 4 is 29.2 Å². The van der Waals surface area contributed by atoms with E-state index in [0.29, 0.717) is 30.0 Å². The summed E-state index contributed by atoms with van der Waals surface area (Å²) >= 11 is 0. The number of carbonyl (C=O) groups is 3. The molecule has 0 spiro atoms. The van der Waals surface area contributed by atoms with Gasteiger partial charge in [-0.25, -0.2) is 4.39 Å². The van der Waals surface area contributed by atoms with Crippen LogP contribution in [-0.2, 0) is 27.1 Å². The number of nitrogens with zero attached hydrogens (tertiary/aromatic N) is 1. The average Bonchev–Trinajstić information content (AvgIpc) is 3.59. The highest BCUT2D eigenvalue weighted by Crippen LogP contribution is 2.40. The van der Waals surface area contributed by atoms with E-state index in [-0.39, 0.29) is 29.3 Å². The Balaban J connectivity index is 1.43. The molecule has 8 nitrogen and oxygen atoms in total. The minimum Gasteiger partial charge on any atom is -0.460 e. The number of aryl methyl sites for hydroxylation is 1. The zero-order chi connectivity index (χ0) is 36.2. The van der Waals surface area contributed by atoms with Gasteiger partial charge in [0.15, 0.2) is 0 Å². The first-order valence-corrected chi connectivity index (χ1v) is 17.1. The molecule has 4 N–H and O–H groups in total. The van der Waals surface area contributed by atoms with Crippen molar-refractivity contribution in [2.75, 3.05) is 17.2 Å². The number of hydrogen-bond acceptors (Lipinski definition) is 6. The number of carbonyl (C=O) groups excluding carboxylic acids is 3. The van der Waals surface area contributed by atoms with Crippen LogP contribution in [0.15, 0.2) is 60.7 Å². The zero-order valence-corrected chi connectivity index (χ0v) is 28.5. The summed E-state index contributed by atoms with van der Waals surface area (Å²) in [5.41, 5.74) is 6.22. The number of benzene rings is 3. The molecule has 3 aromatic rings. The normalized spacial score (nSPS) is 18.9. The molecule has 12 heteroatoms. The lowest BCUT2D eigenvalue weighted by Crippen LogP contribution is -2.46. The minimum absolute atomic E-state index is 0.0847. The maximum absolute atomic E-state index is 15.1. The molecular weight excluding hydrogens is 652 g/mol. The summed E-state index contributed by atoms with van der Waals surface area (Å²) < 4.78 is 62.7. The smallest absolute Gasteiger partial charge is 0.416 e. The Bertz CT molecular complexity index is 1670. The van der Waals surface area contributed by atoms with Gasteiger partial charge < -0.3 is 26.0 Å². The molecule has 5 rings (SSSR count). The van der Waals surface area contributed by atoms with Gasteiger partial charge in [0.05, 0.1) is 23.1 Å². The molecule has 3 atom stereocenters. The Hall–Kier alpha value is -4.45. The fourth-order valence-electron chi connectivity index (χ4n) is 6.84. The number of piperidine rings is 1. The molecule has 2 aliphatic rings. The summed E-state index contributed by atoms with van der Waals surface area (Å²) in [5.74, 6) is -3.76. The molecule has 50 heavy (non-hydrogen) atoms. The van der Waals surface area contributed by atoms with Crippen molar-refractivity contribution < 1.29 is 36.7 Å². The van der Waals surface area contributed by atoms with Crippen LogP contribution in [0.4, 0.5) is 28.9 Å². The molecule has 0 aromatic heterocycles. The van der Waals surface area contributed by atoms with Crippen molar-refractivity contribution in [1.82, 2.24) is 4.90 Å². The van der Waals surface area contributed by atoms with Crippen LogP contribution < -0.4 is 16.4 Å².